The largest absolute Gasteiger partial charge is 0.397 e. The van der Waals surface area contributed by atoms with Crippen LogP contribution < -0.4 is 11.1 Å². The first kappa shape index (κ1) is 11.6. The van der Waals surface area contributed by atoms with Gasteiger partial charge in [-0.3, -0.25) is 0 Å². The molecule has 0 unspecified atom stereocenters. The Hall–Kier alpha value is -1.48. The highest BCUT2D eigenvalue weighted by molar-refractivity contribution is 9.10. The summed E-state index contributed by atoms with van der Waals surface area (Å²) in [6.07, 6.45) is 0. The lowest BCUT2D eigenvalue weighted by molar-refractivity contribution is 0.635. The van der Waals surface area contributed by atoms with Gasteiger partial charge in [-0.05, 0) is 23.8 Å². The molecule has 0 saturated heterocycles. The molecule has 18 heavy (non-hydrogen) atoms. The highest BCUT2D eigenvalue weighted by atomic mass is 79.9. The summed E-state index contributed by atoms with van der Waals surface area (Å²) in [4.78, 5) is 0. The first-order valence-electron chi connectivity index (χ1n) is 5.97. The van der Waals surface area contributed by atoms with Crippen LogP contribution in [0.15, 0.2) is 40.9 Å². The fraction of sp³-hybridized carbons (Fsp3) is 0.200. The lowest BCUT2D eigenvalue weighted by atomic mass is 9.74. The molecule has 0 spiro atoms. The zero-order valence-corrected chi connectivity index (χ0v) is 12.0. The number of rotatable bonds is 0. The van der Waals surface area contributed by atoms with Crippen LogP contribution in [0.4, 0.5) is 17.1 Å². The number of nitrogens with two attached hydrogens (primary N) is 1. The fourth-order valence-electron chi connectivity index (χ4n) is 2.75. The summed E-state index contributed by atoms with van der Waals surface area (Å²) in [7, 11) is 0. The maximum absolute atomic E-state index is 6.11. The molecule has 3 rings (SSSR count). The summed E-state index contributed by atoms with van der Waals surface area (Å²) in [5, 5.41) is 3.45. The second-order valence-corrected chi connectivity index (χ2v) is 6.04. The number of para-hydroxylation sites is 1. The van der Waals surface area contributed by atoms with Gasteiger partial charge in [-0.25, -0.2) is 0 Å². The zero-order valence-electron chi connectivity index (χ0n) is 10.4. The molecule has 3 heteroatoms. The summed E-state index contributed by atoms with van der Waals surface area (Å²) in [6, 6.07) is 12.3. The molecule has 0 aliphatic carbocycles. The van der Waals surface area contributed by atoms with E-state index < -0.39 is 0 Å². The SMILES string of the molecule is CC1(C)c2ccccc2Nc2c(N)ccc(Br)c21. The van der Waals surface area contributed by atoms with Gasteiger partial charge in [0.2, 0.25) is 0 Å². The summed E-state index contributed by atoms with van der Waals surface area (Å²) >= 11 is 3.65. The van der Waals surface area contributed by atoms with Crippen LogP contribution in [0, 0.1) is 0 Å². The van der Waals surface area contributed by atoms with E-state index in [4.69, 9.17) is 5.73 Å². The molecule has 2 aromatic carbocycles. The van der Waals surface area contributed by atoms with Crippen molar-refractivity contribution < 1.29 is 0 Å². The van der Waals surface area contributed by atoms with Crippen LogP contribution in [0.1, 0.15) is 25.0 Å². The third-order valence-electron chi connectivity index (χ3n) is 3.67. The summed E-state index contributed by atoms with van der Waals surface area (Å²) in [5.41, 5.74) is 11.5. The van der Waals surface area contributed by atoms with Crippen molar-refractivity contribution >= 4 is 33.0 Å². The van der Waals surface area contributed by atoms with Gasteiger partial charge in [0.1, 0.15) is 0 Å². The van der Waals surface area contributed by atoms with Crippen molar-refractivity contribution in [1.82, 2.24) is 0 Å². The van der Waals surface area contributed by atoms with Gasteiger partial charge in [-0.15, -0.1) is 0 Å². The Morgan fingerprint density at radius 3 is 2.61 bits per heavy atom. The molecule has 0 saturated carbocycles. The van der Waals surface area contributed by atoms with Crippen LogP contribution in [0.5, 0.6) is 0 Å². The zero-order chi connectivity index (χ0) is 12.9. The number of anilines is 3. The van der Waals surface area contributed by atoms with E-state index in [0.717, 1.165) is 21.5 Å². The van der Waals surface area contributed by atoms with Crippen LogP contribution in [0.3, 0.4) is 0 Å². The second kappa shape index (κ2) is 3.75. The quantitative estimate of drug-likeness (QED) is 0.707. The summed E-state index contributed by atoms with van der Waals surface area (Å²) in [6.45, 7) is 4.46. The second-order valence-electron chi connectivity index (χ2n) is 5.18. The van der Waals surface area contributed by atoms with Crippen molar-refractivity contribution in [2.24, 2.45) is 0 Å². The number of benzene rings is 2. The van der Waals surface area contributed by atoms with Crippen LogP contribution in [0.2, 0.25) is 0 Å². The maximum Gasteiger partial charge on any atom is 0.0670 e. The molecule has 0 fully saturated rings. The van der Waals surface area contributed by atoms with Gasteiger partial charge >= 0.3 is 0 Å². The van der Waals surface area contributed by atoms with Crippen molar-refractivity contribution in [3.8, 4) is 0 Å². The van der Waals surface area contributed by atoms with Gasteiger partial charge in [-0.2, -0.15) is 0 Å². The van der Waals surface area contributed by atoms with Gasteiger partial charge in [0.25, 0.3) is 0 Å². The summed E-state index contributed by atoms with van der Waals surface area (Å²) < 4.78 is 1.10. The Morgan fingerprint density at radius 2 is 1.83 bits per heavy atom. The van der Waals surface area contributed by atoms with Crippen LogP contribution >= 0.6 is 15.9 Å². The van der Waals surface area contributed by atoms with Crippen molar-refractivity contribution in [2.45, 2.75) is 19.3 Å². The minimum absolute atomic E-state index is 0.0641. The van der Waals surface area contributed by atoms with Gasteiger partial charge < -0.3 is 11.1 Å². The molecule has 2 aromatic rings. The Bertz CT molecular complexity index is 632. The van der Waals surface area contributed by atoms with Crippen molar-refractivity contribution in [3.63, 3.8) is 0 Å². The predicted molar refractivity (Wildman–Crippen MR) is 80.4 cm³/mol. The molecular weight excluding hydrogens is 288 g/mol. The Balaban J connectivity index is 2.35. The molecular formula is C15H15BrN2. The van der Waals surface area contributed by atoms with Gasteiger partial charge in [0.15, 0.2) is 0 Å². The first-order chi connectivity index (χ1) is 8.51. The smallest absolute Gasteiger partial charge is 0.0670 e. The van der Waals surface area contributed by atoms with E-state index in [1.807, 2.05) is 18.2 Å². The predicted octanol–water partition coefficient (Wildman–Crippen LogP) is 4.41. The lowest BCUT2D eigenvalue weighted by Gasteiger charge is -2.37. The average molecular weight is 303 g/mol. The van der Waals surface area contributed by atoms with Crippen LogP contribution in [-0.4, -0.2) is 0 Å². The number of halogens is 1. The fourth-order valence-corrected chi connectivity index (χ4v) is 3.57. The normalized spacial score (nSPS) is 15.5. The molecule has 1 heterocycles. The lowest BCUT2D eigenvalue weighted by Crippen LogP contribution is -2.27. The van der Waals surface area contributed by atoms with Crippen molar-refractivity contribution in [1.29, 1.82) is 0 Å². The highest BCUT2D eigenvalue weighted by Crippen LogP contribution is 2.49. The highest BCUT2D eigenvalue weighted by Gasteiger charge is 2.34. The standard InChI is InChI=1S/C15H15BrN2/c1-15(2)9-5-3-4-6-12(9)18-14-11(17)8-7-10(16)13(14)15/h3-8,18H,17H2,1-2H3. The Kier molecular flexibility index (Phi) is 2.42. The minimum atomic E-state index is -0.0641. The number of hydrogen-bond acceptors (Lipinski definition) is 2. The topological polar surface area (TPSA) is 38.0 Å². The molecule has 92 valence electrons. The van der Waals surface area contributed by atoms with Crippen LogP contribution in [0.25, 0.3) is 0 Å². The van der Waals surface area contributed by atoms with E-state index >= 15 is 0 Å². The van der Waals surface area contributed by atoms with Crippen LogP contribution in [-0.2, 0) is 5.41 Å². The van der Waals surface area contributed by atoms with Gasteiger partial charge in [0.05, 0.1) is 11.4 Å². The minimum Gasteiger partial charge on any atom is -0.397 e. The molecule has 0 bridgehead atoms. The molecule has 1 aliphatic heterocycles. The molecule has 1 aliphatic rings. The van der Waals surface area contributed by atoms with E-state index in [0.29, 0.717) is 0 Å². The van der Waals surface area contributed by atoms with Crippen molar-refractivity contribution in [2.75, 3.05) is 11.1 Å². The number of hydrogen-bond donors (Lipinski definition) is 2. The molecule has 2 nitrogen and oxygen atoms in total. The Morgan fingerprint density at radius 1 is 1.11 bits per heavy atom. The number of nitrogen functional groups attached to an aromatic ring is 1. The molecule has 0 aromatic heterocycles. The third kappa shape index (κ3) is 1.47. The number of fused-ring (bicyclic) bond motifs is 2. The summed E-state index contributed by atoms with van der Waals surface area (Å²) in [5.74, 6) is 0. The van der Waals surface area contributed by atoms with Crippen molar-refractivity contribution in [3.05, 3.63) is 52.0 Å². The van der Waals surface area contributed by atoms with E-state index in [2.05, 4.69) is 53.3 Å². The van der Waals surface area contributed by atoms with Gasteiger partial charge in [-0.1, -0.05) is 48.0 Å². The maximum atomic E-state index is 6.11. The van der Waals surface area contributed by atoms with E-state index in [-0.39, 0.29) is 5.41 Å². The third-order valence-corrected chi connectivity index (χ3v) is 4.33. The average Bonchev–Trinajstić information content (AvgIpc) is 2.33. The molecule has 3 N–H and O–H groups in total. The monoisotopic (exact) mass is 302 g/mol. The molecule has 0 amide bonds. The van der Waals surface area contributed by atoms with E-state index in [1.54, 1.807) is 0 Å². The Labute approximate surface area is 115 Å². The molecule has 0 radical (unpaired) electrons. The van der Waals surface area contributed by atoms with E-state index in [1.165, 1.54) is 11.1 Å². The number of nitrogens with one attached hydrogen (secondary N) is 1. The first-order valence-corrected chi connectivity index (χ1v) is 6.76. The van der Waals surface area contributed by atoms with Gasteiger partial charge in [0, 0.05) is 21.1 Å². The molecule has 0 atom stereocenters. The van der Waals surface area contributed by atoms with E-state index in [9.17, 15) is 0 Å².